The monoisotopic (exact) mass is 349 g/mol. The zero-order chi connectivity index (χ0) is 18.5. The highest BCUT2D eigenvalue weighted by atomic mass is 16.2. The van der Waals surface area contributed by atoms with Crippen LogP contribution in [0.15, 0.2) is 64.6 Å². The third kappa shape index (κ3) is 3.77. The van der Waals surface area contributed by atoms with Crippen LogP contribution in [-0.2, 0) is 11.3 Å². The molecule has 26 heavy (non-hydrogen) atoms. The fraction of sp³-hybridized carbons (Fsp3) is 0.158. The summed E-state index contributed by atoms with van der Waals surface area (Å²) in [5.74, 6) is -0.375. The molecule has 1 amide bonds. The molecule has 2 heterocycles. The predicted molar refractivity (Wildman–Crippen MR) is 99.5 cm³/mol. The van der Waals surface area contributed by atoms with Crippen LogP contribution in [0.25, 0.3) is 5.69 Å². The molecule has 0 fully saturated rings. The van der Waals surface area contributed by atoms with E-state index < -0.39 is 0 Å². The molecular formula is C19H19N5O2. The van der Waals surface area contributed by atoms with Crippen LogP contribution in [0.3, 0.4) is 0 Å². The lowest BCUT2D eigenvalue weighted by Crippen LogP contribution is -2.29. The lowest BCUT2D eigenvalue weighted by atomic mass is 10.2. The summed E-state index contributed by atoms with van der Waals surface area (Å²) in [5, 5.41) is 8.53. The highest BCUT2D eigenvalue weighted by Crippen LogP contribution is 2.15. The van der Waals surface area contributed by atoms with Crippen molar-refractivity contribution >= 4 is 12.1 Å². The Bertz CT molecular complexity index is 1000. The number of aromatic nitrogens is 3. The van der Waals surface area contributed by atoms with Crippen molar-refractivity contribution in [2.75, 3.05) is 0 Å². The topological polar surface area (TPSA) is 81.3 Å². The molecule has 0 atom stereocenters. The van der Waals surface area contributed by atoms with Gasteiger partial charge in [0, 0.05) is 17.8 Å². The zero-order valence-corrected chi connectivity index (χ0v) is 14.6. The minimum absolute atomic E-state index is 0.0851. The summed E-state index contributed by atoms with van der Waals surface area (Å²) < 4.78 is 3.15. The fourth-order valence-corrected chi connectivity index (χ4v) is 2.61. The Morgan fingerprint density at radius 1 is 1.15 bits per heavy atom. The van der Waals surface area contributed by atoms with Gasteiger partial charge in [0.2, 0.25) is 0 Å². The van der Waals surface area contributed by atoms with Crippen LogP contribution in [0, 0.1) is 13.8 Å². The highest BCUT2D eigenvalue weighted by molar-refractivity contribution is 5.84. The highest BCUT2D eigenvalue weighted by Gasteiger charge is 2.11. The Labute approximate surface area is 150 Å². The lowest BCUT2D eigenvalue weighted by molar-refractivity contribution is -0.121. The minimum atomic E-state index is -0.375. The average Bonchev–Trinajstić information content (AvgIpc) is 2.92. The second kappa shape index (κ2) is 7.60. The van der Waals surface area contributed by atoms with Crippen LogP contribution in [0.4, 0.5) is 0 Å². The molecule has 0 aliphatic heterocycles. The van der Waals surface area contributed by atoms with E-state index in [2.05, 4.69) is 15.6 Å². The molecule has 0 radical (unpaired) electrons. The molecular weight excluding hydrogens is 330 g/mol. The second-order valence-electron chi connectivity index (χ2n) is 5.79. The van der Waals surface area contributed by atoms with Crippen molar-refractivity contribution in [1.29, 1.82) is 0 Å². The standard InChI is InChI=1S/C19H19N5O2/c1-14-17(15(2)24(22-14)16-8-4-3-5-9-16)12-20-21-18(25)13-23-11-7-6-10-19(23)26/h3-12H,13H2,1-2H3,(H,21,25)/b20-12-. The molecule has 3 aromatic rings. The van der Waals surface area contributed by atoms with E-state index in [-0.39, 0.29) is 18.0 Å². The van der Waals surface area contributed by atoms with Crippen molar-refractivity contribution in [3.8, 4) is 5.69 Å². The molecule has 0 spiro atoms. The molecule has 0 saturated carbocycles. The van der Waals surface area contributed by atoms with Crippen LogP contribution in [0.5, 0.6) is 0 Å². The van der Waals surface area contributed by atoms with Gasteiger partial charge in [-0.05, 0) is 32.0 Å². The summed E-state index contributed by atoms with van der Waals surface area (Å²) in [7, 11) is 0. The van der Waals surface area contributed by atoms with Gasteiger partial charge in [-0.3, -0.25) is 9.59 Å². The number of amides is 1. The second-order valence-corrected chi connectivity index (χ2v) is 5.79. The summed E-state index contributed by atoms with van der Waals surface area (Å²) in [4.78, 5) is 23.6. The van der Waals surface area contributed by atoms with Gasteiger partial charge in [-0.2, -0.15) is 10.2 Å². The molecule has 132 valence electrons. The summed E-state index contributed by atoms with van der Waals surface area (Å²) in [6, 6.07) is 14.5. The van der Waals surface area contributed by atoms with Crippen molar-refractivity contribution < 1.29 is 4.79 Å². The van der Waals surface area contributed by atoms with Crippen molar-refractivity contribution in [2.45, 2.75) is 20.4 Å². The predicted octanol–water partition coefficient (Wildman–Crippen LogP) is 1.80. The molecule has 0 bridgehead atoms. The van der Waals surface area contributed by atoms with E-state index in [0.717, 1.165) is 22.6 Å². The van der Waals surface area contributed by atoms with E-state index in [1.165, 1.54) is 10.6 Å². The van der Waals surface area contributed by atoms with E-state index in [1.54, 1.807) is 24.5 Å². The van der Waals surface area contributed by atoms with Gasteiger partial charge in [0.15, 0.2) is 0 Å². The largest absolute Gasteiger partial charge is 0.306 e. The number of rotatable bonds is 5. The number of para-hydroxylation sites is 1. The maximum atomic E-state index is 11.9. The quantitative estimate of drug-likeness (QED) is 0.563. The first-order chi connectivity index (χ1) is 12.6. The molecule has 1 N–H and O–H groups in total. The van der Waals surface area contributed by atoms with Crippen LogP contribution >= 0.6 is 0 Å². The van der Waals surface area contributed by atoms with Gasteiger partial charge < -0.3 is 4.57 Å². The number of nitrogens with one attached hydrogen (secondary N) is 1. The van der Waals surface area contributed by atoms with Crippen molar-refractivity contribution in [2.24, 2.45) is 5.10 Å². The molecule has 2 aromatic heterocycles. The van der Waals surface area contributed by atoms with Gasteiger partial charge >= 0.3 is 0 Å². The maximum absolute atomic E-state index is 11.9. The molecule has 0 unspecified atom stereocenters. The smallest absolute Gasteiger partial charge is 0.260 e. The first-order valence-electron chi connectivity index (χ1n) is 8.15. The van der Waals surface area contributed by atoms with E-state index >= 15 is 0 Å². The van der Waals surface area contributed by atoms with Crippen molar-refractivity contribution in [1.82, 2.24) is 19.8 Å². The summed E-state index contributed by atoms with van der Waals surface area (Å²) in [5.41, 5.74) is 5.74. The molecule has 0 saturated heterocycles. The van der Waals surface area contributed by atoms with Crippen LogP contribution in [0.2, 0.25) is 0 Å². The van der Waals surface area contributed by atoms with Crippen LogP contribution in [0.1, 0.15) is 17.0 Å². The van der Waals surface area contributed by atoms with Crippen LogP contribution < -0.4 is 11.0 Å². The molecule has 3 rings (SSSR count). The van der Waals surface area contributed by atoms with Gasteiger partial charge in [-0.25, -0.2) is 10.1 Å². The molecule has 0 aliphatic rings. The fourth-order valence-electron chi connectivity index (χ4n) is 2.61. The summed E-state index contributed by atoms with van der Waals surface area (Å²) >= 11 is 0. The summed E-state index contributed by atoms with van der Waals surface area (Å²) in [6.07, 6.45) is 3.13. The number of nitrogens with zero attached hydrogens (tertiary/aromatic N) is 4. The Morgan fingerprint density at radius 3 is 2.62 bits per heavy atom. The minimum Gasteiger partial charge on any atom is -0.306 e. The molecule has 0 aliphatic carbocycles. The normalized spacial score (nSPS) is 11.0. The van der Waals surface area contributed by atoms with Crippen molar-refractivity contribution in [3.63, 3.8) is 0 Å². The average molecular weight is 349 g/mol. The summed E-state index contributed by atoms with van der Waals surface area (Å²) in [6.45, 7) is 3.75. The van der Waals surface area contributed by atoms with Gasteiger partial charge in [0.05, 0.1) is 23.3 Å². The van der Waals surface area contributed by atoms with Gasteiger partial charge in [-0.15, -0.1) is 0 Å². The lowest BCUT2D eigenvalue weighted by Gasteiger charge is -2.04. The van der Waals surface area contributed by atoms with E-state index in [1.807, 2.05) is 48.9 Å². The molecule has 1 aromatic carbocycles. The number of carbonyl (C=O) groups is 1. The van der Waals surface area contributed by atoms with Gasteiger partial charge in [-0.1, -0.05) is 24.3 Å². The van der Waals surface area contributed by atoms with E-state index in [0.29, 0.717) is 0 Å². The number of aryl methyl sites for hydroxylation is 1. The van der Waals surface area contributed by atoms with Crippen molar-refractivity contribution in [3.05, 3.63) is 82.0 Å². The van der Waals surface area contributed by atoms with Crippen LogP contribution in [-0.4, -0.2) is 26.5 Å². The third-order valence-electron chi connectivity index (χ3n) is 3.94. The number of carbonyl (C=O) groups excluding carboxylic acids is 1. The number of pyridine rings is 1. The van der Waals surface area contributed by atoms with E-state index in [4.69, 9.17) is 0 Å². The van der Waals surface area contributed by atoms with Gasteiger partial charge in [0.1, 0.15) is 6.54 Å². The Balaban J connectivity index is 1.71. The number of hydrogen-bond acceptors (Lipinski definition) is 4. The van der Waals surface area contributed by atoms with Gasteiger partial charge in [0.25, 0.3) is 11.5 Å². The van der Waals surface area contributed by atoms with E-state index in [9.17, 15) is 9.59 Å². The number of benzene rings is 1. The first kappa shape index (κ1) is 17.3. The first-order valence-corrected chi connectivity index (χ1v) is 8.15. The molecule has 7 heteroatoms. The SMILES string of the molecule is Cc1nn(-c2ccccc2)c(C)c1/C=N\NC(=O)Cn1ccccc1=O. The maximum Gasteiger partial charge on any atom is 0.260 e. The Hall–Kier alpha value is -3.48. The molecule has 7 nitrogen and oxygen atoms in total. The Morgan fingerprint density at radius 2 is 1.88 bits per heavy atom. The number of hydrogen-bond donors (Lipinski definition) is 1. The Kier molecular flexibility index (Phi) is 5.07. The zero-order valence-electron chi connectivity index (χ0n) is 14.6. The number of hydrazone groups is 1. The third-order valence-corrected chi connectivity index (χ3v) is 3.94.